The lowest BCUT2D eigenvalue weighted by atomic mass is 10.1. The van der Waals surface area contributed by atoms with E-state index in [-0.39, 0.29) is 18.3 Å². The molecule has 0 unspecified atom stereocenters. The molecule has 4 nitrogen and oxygen atoms in total. The number of thioether (sulfide) groups is 1. The zero-order chi connectivity index (χ0) is 18.2. The Morgan fingerprint density at radius 1 is 1.04 bits per heavy atom. The molecule has 25 heavy (non-hydrogen) atoms. The first kappa shape index (κ1) is 19.1. The molecule has 2 aromatic rings. The number of anilines is 1. The van der Waals surface area contributed by atoms with Crippen LogP contribution in [0.15, 0.2) is 47.4 Å². The number of para-hydroxylation sites is 1. The Labute approximate surface area is 153 Å². The number of aryl methyl sites for hydroxylation is 3. The van der Waals surface area contributed by atoms with Crippen LogP contribution in [0.3, 0.4) is 0 Å². The first-order valence-corrected chi connectivity index (χ1v) is 9.22. The van der Waals surface area contributed by atoms with Crippen LogP contribution in [-0.4, -0.2) is 24.2 Å². The predicted molar refractivity (Wildman–Crippen MR) is 102 cm³/mol. The maximum absolute atomic E-state index is 12.1. The summed E-state index contributed by atoms with van der Waals surface area (Å²) in [5.41, 5.74) is 3.98. The van der Waals surface area contributed by atoms with Crippen LogP contribution in [0.1, 0.15) is 23.6 Å². The van der Waals surface area contributed by atoms with E-state index in [2.05, 4.69) is 5.32 Å². The second-order valence-electron chi connectivity index (χ2n) is 5.73. The molecule has 0 aromatic heterocycles. The van der Waals surface area contributed by atoms with Gasteiger partial charge >= 0.3 is 5.97 Å². The van der Waals surface area contributed by atoms with Crippen LogP contribution in [0, 0.1) is 13.8 Å². The van der Waals surface area contributed by atoms with Gasteiger partial charge in [-0.2, -0.15) is 0 Å². The van der Waals surface area contributed by atoms with Gasteiger partial charge in [-0.15, -0.1) is 11.8 Å². The summed E-state index contributed by atoms with van der Waals surface area (Å²) in [7, 11) is 0. The largest absolute Gasteiger partial charge is 0.455 e. The van der Waals surface area contributed by atoms with Gasteiger partial charge in [-0.25, -0.2) is 0 Å². The predicted octanol–water partition coefficient (Wildman–Crippen LogP) is 4.14. The summed E-state index contributed by atoms with van der Waals surface area (Å²) < 4.78 is 5.08. The van der Waals surface area contributed by atoms with E-state index in [4.69, 9.17) is 4.74 Å². The number of rotatable bonds is 7. The first-order chi connectivity index (χ1) is 12.0. The SMILES string of the molecule is CCc1cccc(C)c1NC(=O)COC(=O)CSc1ccccc1C. The third-order valence-electron chi connectivity index (χ3n) is 3.81. The van der Waals surface area contributed by atoms with Gasteiger partial charge in [-0.05, 0) is 43.0 Å². The third kappa shape index (κ3) is 5.64. The zero-order valence-corrected chi connectivity index (χ0v) is 15.6. The summed E-state index contributed by atoms with van der Waals surface area (Å²) in [5.74, 6) is -0.537. The van der Waals surface area contributed by atoms with Crippen molar-refractivity contribution >= 4 is 29.3 Å². The number of carbonyl (C=O) groups is 2. The number of esters is 1. The number of benzene rings is 2. The maximum Gasteiger partial charge on any atom is 0.316 e. The van der Waals surface area contributed by atoms with Gasteiger partial charge in [-0.1, -0.05) is 43.3 Å². The van der Waals surface area contributed by atoms with Crippen LogP contribution in [0.4, 0.5) is 5.69 Å². The number of hydrogen-bond donors (Lipinski definition) is 1. The highest BCUT2D eigenvalue weighted by Gasteiger charge is 2.12. The third-order valence-corrected chi connectivity index (χ3v) is 4.96. The van der Waals surface area contributed by atoms with Crippen molar-refractivity contribution in [2.75, 3.05) is 17.7 Å². The number of ether oxygens (including phenoxy) is 1. The van der Waals surface area contributed by atoms with Crippen molar-refractivity contribution in [1.82, 2.24) is 0 Å². The molecule has 5 heteroatoms. The van der Waals surface area contributed by atoms with Crippen LogP contribution in [0.25, 0.3) is 0 Å². The molecule has 1 amide bonds. The molecule has 0 saturated heterocycles. The minimum Gasteiger partial charge on any atom is -0.455 e. The Morgan fingerprint density at radius 3 is 2.48 bits per heavy atom. The molecule has 1 N–H and O–H groups in total. The second-order valence-corrected chi connectivity index (χ2v) is 6.74. The Bertz CT molecular complexity index is 758. The Kier molecular flexibility index (Phi) is 7.07. The quantitative estimate of drug-likeness (QED) is 0.598. The van der Waals surface area contributed by atoms with Gasteiger partial charge in [0.1, 0.15) is 0 Å². The lowest BCUT2D eigenvalue weighted by Gasteiger charge is -2.13. The van der Waals surface area contributed by atoms with Crippen molar-refractivity contribution in [3.63, 3.8) is 0 Å². The van der Waals surface area contributed by atoms with E-state index < -0.39 is 5.97 Å². The first-order valence-electron chi connectivity index (χ1n) is 8.23. The highest BCUT2D eigenvalue weighted by atomic mass is 32.2. The molecular weight excluding hydrogens is 334 g/mol. The number of amides is 1. The molecule has 132 valence electrons. The number of hydrogen-bond acceptors (Lipinski definition) is 4. The average Bonchev–Trinajstić information content (AvgIpc) is 2.61. The summed E-state index contributed by atoms with van der Waals surface area (Å²) in [6, 6.07) is 13.7. The fraction of sp³-hybridized carbons (Fsp3) is 0.300. The van der Waals surface area contributed by atoms with E-state index in [9.17, 15) is 9.59 Å². The van der Waals surface area contributed by atoms with E-state index in [1.165, 1.54) is 11.8 Å². The van der Waals surface area contributed by atoms with Crippen LogP contribution in [-0.2, 0) is 20.7 Å². The van der Waals surface area contributed by atoms with Crippen molar-refractivity contribution in [3.05, 3.63) is 59.2 Å². The van der Waals surface area contributed by atoms with E-state index in [0.29, 0.717) is 0 Å². The molecule has 0 atom stereocenters. The van der Waals surface area contributed by atoms with Crippen LogP contribution >= 0.6 is 11.8 Å². The van der Waals surface area contributed by atoms with Gasteiger partial charge in [0.2, 0.25) is 0 Å². The molecule has 0 aliphatic heterocycles. The summed E-state index contributed by atoms with van der Waals surface area (Å²) in [6.07, 6.45) is 0.824. The van der Waals surface area contributed by atoms with Crippen LogP contribution < -0.4 is 5.32 Å². The van der Waals surface area contributed by atoms with Crippen molar-refractivity contribution in [2.45, 2.75) is 32.1 Å². The van der Waals surface area contributed by atoms with Gasteiger partial charge in [-0.3, -0.25) is 9.59 Å². The van der Waals surface area contributed by atoms with Gasteiger partial charge in [0.05, 0.1) is 5.75 Å². The van der Waals surface area contributed by atoms with E-state index in [0.717, 1.165) is 33.7 Å². The fourth-order valence-corrected chi connectivity index (χ4v) is 3.25. The van der Waals surface area contributed by atoms with Gasteiger partial charge in [0.15, 0.2) is 6.61 Å². The zero-order valence-electron chi connectivity index (χ0n) is 14.8. The summed E-state index contributed by atoms with van der Waals surface area (Å²) in [5, 5.41) is 2.85. The summed E-state index contributed by atoms with van der Waals surface area (Å²) in [4.78, 5) is 25.0. The van der Waals surface area contributed by atoms with Crippen LogP contribution in [0.5, 0.6) is 0 Å². The molecule has 0 aliphatic carbocycles. The maximum atomic E-state index is 12.1. The monoisotopic (exact) mass is 357 g/mol. The minimum absolute atomic E-state index is 0.183. The fourth-order valence-electron chi connectivity index (χ4n) is 2.42. The topological polar surface area (TPSA) is 55.4 Å². The lowest BCUT2D eigenvalue weighted by Crippen LogP contribution is -2.22. The van der Waals surface area contributed by atoms with Crippen molar-refractivity contribution < 1.29 is 14.3 Å². The van der Waals surface area contributed by atoms with E-state index in [1.54, 1.807) is 0 Å². The molecule has 0 heterocycles. The lowest BCUT2D eigenvalue weighted by molar-refractivity contribution is -0.144. The molecule has 0 bridgehead atoms. The summed E-state index contributed by atoms with van der Waals surface area (Å²) >= 11 is 1.41. The normalized spacial score (nSPS) is 10.4. The average molecular weight is 357 g/mol. The minimum atomic E-state index is -0.399. The standard InChI is InChI=1S/C20H23NO3S/c1-4-16-10-7-9-15(3)20(16)21-18(22)12-24-19(23)13-25-17-11-6-5-8-14(17)2/h5-11H,4,12-13H2,1-3H3,(H,21,22). The van der Waals surface area contributed by atoms with Gasteiger partial charge in [0.25, 0.3) is 5.91 Å². The van der Waals surface area contributed by atoms with Gasteiger partial charge in [0, 0.05) is 10.6 Å². The van der Waals surface area contributed by atoms with E-state index in [1.807, 2.05) is 63.2 Å². The number of carbonyl (C=O) groups excluding carboxylic acids is 2. The highest BCUT2D eigenvalue weighted by Crippen LogP contribution is 2.22. The molecule has 0 saturated carbocycles. The molecule has 0 spiro atoms. The Hall–Kier alpha value is -2.27. The molecule has 0 fully saturated rings. The highest BCUT2D eigenvalue weighted by molar-refractivity contribution is 8.00. The second kappa shape index (κ2) is 9.28. The van der Waals surface area contributed by atoms with Crippen molar-refractivity contribution in [3.8, 4) is 0 Å². The summed E-state index contributed by atoms with van der Waals surface area (Å²) in [6.45, 7) is 5.70. The molecule has 2 aromatic carbocycles. The molecule has 0 aliphatic rings. The smallest absolute Gasteiger partial charge is 0.316 e. The number of nitrogens with one attached hydrogen (secondary N) is 1. The van der Waals surface area contributed by atoms with E-state index >= 15 is 0 Å². The molecule has 0 radical (unpaired) electrons. The van der Waals surface area contributed by atoms with Crippen LogP contribution in [0.2, 0.25) is 0 Å². The van der Waals surface area contributed by atoms with Crippen molar-refractivity contribution in [2.24, 2.45) is 0 Å². The van der Waals surface area contributed by atoms with Crippen molar-refractivity contribution in [1.29, 1.82) is 0 Å². The van der Waals surface area contributed by atoms with Gasteiger partial charge < -0.3 is 10.1 Å². The molecular formula is C20H23NO3S. The molecule has 2 rings (SSSR count). The Morgan fingerprint density at radius 2 is 1.76 bits per heavy atom. The Balaban J connectivity index is 1.82.